The Bertz CT molecular complexity index is 854. The maximum absolute atomic E-state index is 12.6. The highest BCUT2D eigenvalue weighted by atomic mass is 16.1. The minimum absolute atomic E-state index is 0.0745. The molecule has 2 aromatic rings. The molecule has 29 heavy (non-hydrogen) atoms. The van der Waals surface area contributed by atoms with Crippen LogP contribution in [0.5, 0.6) is 0 Å². The third-order valence-electron chi connectivity index (χ3n) is 6.30. The van der Waals surface area contributed by atoms with Gasteiger partial charge in [-0.25, -0.2) is 9.97 Å². The molecule has 1 amide bonds. The van der Waals surface area contributed by atoms with E-state index in [1.165, 1.54) is 36.1 Å². The molecule has 4 rings (SSSR count). The van der Waals surface area contributed by atoms with E-state index in [9.17, 15) is 4.79 Å². The van der Waals surface area contributed by atoms with Crippen molar-refractivity contribution < 1.29 is 4.79 Å². The summed E-state index contributed by atoms with van der Waals surface area (Å²) >= 11 is 0. The number of benzene rings is 1. The number of rotatable bonds is 4. The summed E-state index contributed by atoms with van der Waals surface area (Å²) in [6, 6.07) is 8.49. The Morgan fingerprint density at radius 2 is 1.72 bits per heavy atom. The molecule has 0 bridgehead atoms. The van der Waals surface area contributed by atoms with Gasteiger partial charge in [0, 0.05) is 44.1 Å². The molecule has 2 aliphatic rings. The highest BCUT2D eigenvalue weighted by molar-refractivity contribution is 5.92. The minimum atomic E-state index is -0.0745. The number of hydrogen-bond donors (Lipinski definition) is 1. The van der Waals surface area contributed by atoms with Gasteiger partial charge in [-0.15, -0.1) is 0 Å². The molecule has 1 aliphatic carbocycles. The molecule has 0 spiro atoms. The quantitative estimate of drug-likeness (QED) is 0.862. The first kappa shape index (κ1) is 19.7. The van der Waals surface area contributed by atoms with Crippen molar-refractivity contribution in [1.29, 1.82) is 0 Å². The van der Waals surface area contributed by atoms with Crippen LogP contribution in [0.4, 0.5) is 11.6 Å². The summed E-state index contributed by atoms with van der Waals surface area (Å²) < 4.78 is 0. The SMILES string of the molecule is Cc1cccc(N2CCN(c3nccc(C(=O)NC4CCCCC4)n3)CC2)c1C. The molecule has 1 aromatic heterocycles. The van der Waals surface area contributed by atoms with Crippen LogP contribution in [0.1, 0.15) is 53.7 Å². The number of nitrogens with zero attached hydrogens (tertiary/aromatic N) is 4. The summed E-state index contributed by atoms with van der Waals surface area (Å²) in [5.74, 6) is 0.580. The summed E-state index contributed by atoms with van der Waals surface area (Å²) in [6.07, 6.45) is 7.52. The van der Waals surface area contributed by atoms with E-state index in [0.29, 0.717) is 11.6 Å². The van der Waals surface area contributed by atoms with Gasteiger partial charge in [-0.2, -0.15) is 0 Å². The van der Waals surface area contributed by atoms with E-state index in [-0.39, 0.29) is 11.9 Å². The number of carbonyl (C=O) groups excluding carboxylic acids is 1. The van der Waals surface area contributed by atoms with Crippen LogP contribution in [0.3, 0.4) is 0 Å². The van der Waals surface area contributed by atoms with Gasteiger partial charge >= 0.3 is 0 Å². The van der Waals surface area contributed by atoms with Crippen LogP contribution in [0.25, 0.3) is 0 Å². The predicted octanol–water partition coefficient (Wildman–Crippen LogP) is 3.48. The smallest absolute Gasteiger partial charge is 0.270 e. The fourth-order valence-electron chi connectivity index (χ4n) is 4.36. The van der Waals surface area contributed by atoms with Crippen molar-refractivity contribution in [3.8, 4) is 0 Å². The van der Waals surface area contributed by atoms with E-state index < -0.39 is 0 Å². The normalized spacial score (nSPS) is 18.0. The van der Waals surface area contributed by atoms with Crippen LogP contribution in [-0.2, 0) is 0 Å². The summed E-state index contributed by atoms with van der Waals surface area (Å²) in [5.41, 5.74) is 4.45. The minimum Gasteiger partial charge on any atom is -0.368 e. The Labute approximate surface area is 173 Å². The van der Waals surface area contributed by atoms with Crippen LogP contribution in [0, 0.1) is 13.8 Å². The van der Waals surface area contributed by atoms with Gasteiger partial charge < -0.3 is 15.1 Å². The predicted molar refractivity (Wildman–Crippen MR) is 117 cm³/mol. The first-order valence-corrected chi connectivity index (χ1v) is 10.8. The molecule has 6 nitrogen and oxygen atoms in total. The summed E-state index contributed by atoms with van der Waals surface area (Å²) in [4.78, 5) is 26.2. The van der Waals surface area contributed by atoms with Crippen molar-refractivity contribution in [2.45, 2.75) is 52.0 Å². The van der Waals surface area contributed by atoms with E-state index in [0.717, 1.165) is 39.0 Å². The zero-order valence-electron chi connectivity index (χ0n) is 17.5. The van der Waals surface area contributed by atoms with Gasteiger partial charge in [0.25, 0.3) is 5.91 Å². The van der Waals surface area contributed by atoms with Crippen molar-refractivity contribution in [1.82, 2.24) is 15.3 Å². The highest BCUT2D eigenvalue weighted by Crippen LogP contribution is 2.24. The lowest BCUT2D eigenvalue weighted by molar-refractivity contribution is 0.0922. The lowest BCUT2D eigenvalue weighted by atomic mass is 9.95. The van der Waals surface area contributed by atoms with Crippen LogP contribution >= 0.6 is 0 Å². The Morgan fingerprint density at radius 1 is 1.00 bits per heavy atom. The van der Waals surface area contributed by atoms with Gasteiger partial charge in [0.05, 0.1) is 0 Å². The fraction of sp³-hybridized carbons (Fsp3) is 0.522. The zero-order valence-corrected chi connectivity index (χ0v) is 17.5. The van der Waals surface area contributed by atoms with E-state index in [1.807, 2.05) is 0 Å². The summed E-state index contributed by atoms with van der Waals surface area (Å²) in [6.45, 7) is 7.89. The van der Waals surface area contributed by atoms with Gasteiger partial charge in [0.1, 0.15) is 5.69 Å². The van der Waals surface area contributed by atoms with Gasteiger partial charge in [0.2, 0.25) is 5.95 Å². The zero-order chi connectivity index (χ0) is 20.2. The molecule has 1 aromatic carbocycles. The second-order valence-electron chi connectivity index (χ2n) is 8.24. The first-order valence-electron chi connectivity index (χ1n) is 10.8. The molecule has 1 N–H and O–H groups in total. The maximum atomic E-state index is 12.6. The standard InChI is InChI=1S/C23H31N5O/c1-17-7-6-10-21(18(17)2)27-13-15-28(16-14-27)23-24-12-11-20(26-23)22(29)25-19-8-4-3-5-9-19/h6-7,10-12,19H,3-5,8-9,13-16H2,1-2H3,(H,25,29). The summed E-state index contributed by atoms with van der Waals surface area (Å²) in [7, 11) is 0. The summed E-state index contributed by atoms with van der Waals surface area (Å²) in [5, 5.41) is 3.15. The molecule has 0 atom stereocenters. The molecule has 1 saturated heterocycles. The van der Waals surface area contributed by atoms with Crippen LogP contribution in [0.15, 0.2) is 30.5 Å². The van der Waals surface area contributed by atoms with E-state index in [1.54, 1.807) is 12.3 Å². The average Bonchev–Trinajstić information content (AvgIpc) is 2.77. The van der Waals surface area contributed by atoms with Crippen molar-refractivity contribution in [2.75, 3.05) is 36.0 Å². The molecule has 6 heteroatoms. The Balaban J connectivity index is 1.39. The molecule has 2 fully saturated rings. The highest BCUT2D eigenvalue weighted by Gasteiger charge is 2.22. The van der Waals surface area contributed by atoms with Crippen molar-refractivity contribution in [2.24, 2.45) is 0 Å². The van der Waals surface area contributed by atoms with E-state index >= 15 is 0 Å². The topological polar surface area (TPSA) is 61.4 Å². The number of amides is 1. The van der Waals surface area contributed by atoms with E-state index in [4.69, 9.17) is 0 Å². The molecule has 0 radical (unpaired) electrons. The third kappa shape index (κ3) is 4.52. The molecule has 2 heterocycles. The van der Waals surface area contributed by atoms with E-state index in [2.05, 4.69) is 57.1 Å². The van der Waals surface area contributed by atoms with Gasteiger partial charge in [-0.3, -0.25) is 4.79 Å². The van der Waals surface area contributed by atoms with Gasteiger partial charge in [-0.05, 0) is 49.9 Å². The molecule has 0 unspecified atom stereocenters. The van der Waals surface area contributed by atoms with Crippen molar-refractivity contribution in [3.05, 3.63) is 47.3 Å². The molecule has 1 saturated carbocycles. The van der Waals surface area contributed by atoms with Crippen molar-refractivity contribution >= 4 is 17.5 Å². The molecular weight excluding hydrogens is 362 g/mol. The van der Waals surface area contributed by atoms with Gasteiger partial charge in [0.15, 0.2) is 0 Å². The largest absolute Gasteiger partial charge is 0.368 e. The lowest BCUT2D eigenvalue weighted by Gasteiger charge is -2.37. The Hall–Kier alpha value is -2.63. The maximum Gasteiger partial charge on any atom is 0.270 e. The van der Waals surface area contributed by atoms with Crippen molar-refractivity contribution in [3.63, 3.8) is 0 Å². The molecule has 154 valence electrons. The van der Waals surface area contributed by atoms with Crippen LogP contribution in [-0.4, -0.2) is 48.1 Å². The second kappa shape index (κ2) is 8.80. The van der Waals surface area contributed by atoms with Crippen LogP contribution < -0.4 is 15.1 Å². The average molecular weight is 394 g/mol. The molecular formula is C23H31N5O. The fourth-order valence-corrected chi connectivity index (χ4v) is 4.36. The number of aromatic nitrogens is 2. The number of piperazine rings is 1. The lowest BCUT2D eigenvalue weighted by Crippen LogP contribution is -2.47. The first-order chi connectivity index (χ1) is 14.1. The third-order valence-corrected chi connectivity index (χ3v) is 6.30. The number of hydrogen-bond acceptors (Lipinski definition) is 5. The number of anilines is 2. The Kier molecular flexibility index (Phi) is 5.97. The molecule has 1 aliphatic heterocycles. The van der Waals surface area contributed by atoms with Gasteiger partial charge in [-0.1, -0.05) is 31.4 Å². The second-order valence-corrected chi connectivity index (χ2v) is 8.24. The number of carbonyl (C=O) groups is 1. The monoisotopic (exact) mass is 393 g/mol. The number of aryl methyl sites for hydroxylation is 1. The Morgan fingerprint density at radius 3 is 2.48 bits per heavy atom. The van der Waals surface area contributed by atoms with Crippen LogP contribution in [0.2, 0.25) is 0 Å². The number of nitrogens with one attached hydrogen (secondary N) is 1.